The van der Waals surface area contributed by atoms with E-state index in [0.29, 0.717) is 23.3 Å². The van der Waals surface area contributed by atoms with E-state index in [2.05, 4.69) is 11.4 Å². The lowest BCUT2D eigenvalue weighted by Crippen LogP contribution is -2.22. The molecule has 0 aliphatic rings. The van der Waals surface area contributed by atoms with Crippen LogP contribution in [0.4, 0.5) is 0 Å². The molecule has 3 nitrogen and oxygen atoms in total. The van der Waals surface area contributed by atoms with Crippen molar-refractivity contribution in [2.45, 2.75) is 19.4 Å². The van der Waals surface area contributed by atoms with Crippen molar-refractivity contribution in [3.63, 3.8) is 0 Å². The highest BCUT2D eigenvalue weighted by Crippen LogP contribution is 2.25. The largest absolute Gasteiger partial charge is 0.382 e. The third-order valence-electron chi connectivity index (χ3n) is 2.42. The molecule has 1 atom stereocenters. The topological polar surface area (TPSA) is 45.0 Å². The Morgan fingerprint density at radius 1 is 1.39 bits per heavy atom. The van der Waals surface area contributed by atoms with Crippen LogP contribution in [0.2, 0.25) is 10.0 Å². The zero-order chi connectivity index (χ0) is 13.4. The first-order valence-electron chi connectivity index (χ1n) is 5.84. The van der Waals surface area contributed by atoms with E-state index in [1.807, 2.05) is 6.92 Å². The van der Waals surface area contributed by atoms with Gasteiger partial charge in [-0.05, 0) is 37.6 Å². The Hall–Kier alpha value is -0.790. The van der Waals surface area contributed by atoms with Gasteiger partial charge in [0, 0.05) is 13.2 Å². The predicted molar refractivity (Wildman–Crippen MR) is 73.9 cm³/mol. The van der Waals surface area contributed by atoms with E-state index in [1.165, 1.54) is 0 Å². The van der Waals surface area contributed by atoms with Crippen molar-refractivity contribution < 1.29 is 4.74 Å². The minimum absolute atomic E-state index is 0.374. The summed E-state index contributed by atoms with van der Waals surface area (Å²) in [5.41, 5.74) is 0.823. The molecule has 0 amide bonds. The monoisotopic (exact) mass is 286 g/mol. The first-order chi connectivity index (χ1) is 8.69. The Balaban J connectivity index is 2.50. The van der Waals surface area contributed by atoms with E-state index in [0.717, 1.165) is 18.5 Å². The van der Waals surface area contributed by atoms with Crippen LogP contribution in [0.1, 0.15) is 24.9 Å². The van der Waals surface area contributed by atoms with E-state index in [4.69, 9.17) is 33.2 Å². The molecular weight excluding hydrogens is 271 g/mol. The molecule has 0 radical (unpaired) electrons. The number of hydrogen-bond donors (Lipinski definition) is 1. The average molecular weight is 287 g/mol. The molecule has 0 saturated heterocycles. The minimum Gasteiger partial charge on any atom is -0.382 e. The first-order valence-corrected chi connectivity index (χ1v) is 6.60. The highest BCUT2D eigenvalue weighted by Gasteiger charge is 2.10. The van der Waals surface area contributed by atoms with Crippen molar-refractivity contribution >= 4 is 23.2 Å². The summed E-state index contributed by atoms with van der Waals surface area (Å²) in [5.74, 6) is 0. The van der Waals surface area contributed by atoms with Gasteiger partial charge in [0.2, 0.25) is 0 Å². The molecule has 0 aromatic heterocycles. The number of ether oxygens (including phenoxy) is 1. The zero-order valence-electron chi connectivity index (χ0n) is 10.2. The summed E-state index contributed by atoms with van der Waals surface area (Å²) in [5, 5.41) is 13.2. The molecule has 0 bridgehead atoms. The highest BCUT2D eigenvalue weighted by molar-refractivity contribution is 6.42. The third kappa shape index (κ3) is 4.83. The van der Waals surface area contributed by atoms with Crippen LogP contribution in [-0.2, 0) is 4.74 Å². The smallest absolute Gasteiger partial charge is 0.121 e. The summed E-state index contributed by atoms with van der Waals surface area (Å²) in [4.78, 5) is 0. The van der Waals surface area contributed by atoms with Gasteiger partial charge in [0.25, 0.3) is 0 Å². The molecule has 0 spiro atoms. The van der Waals surface area contributed by atoms with Crippen LogP contribution in [-0.4, -0.2) is 19.8 Å². The van der Waals surface area contributed by atoms with Crippen LogP contribution in [0, 0.1) is 11.3 Å². The van der Waals surface area contributed by atoms with E-state index in [-0.39, 0.29) is 6.04 Å². The molecule has 0 aliphatic heterocycles. The van der Waals surface area contributed by atoms with Gasteiger partial charge in [0.05, 0.1) is 16.1 Å². The van der Waals surface area contributed by atoms with E-state index < -0.39 is 0 Å². The SMILES string of the molecule is CCOCCCNC(C#N)c1ccc(Cl)c(Cl)c1. The van der Waals surface area contributed by atoms with Crippen molar-refractivity contribution in [2.24, 2.45) is 0 Å². The molecule has 0 fully saturated rings. The van der Waals surface area contributed by atoms with Gasteiger partial charge >= 0.3 is 0 Å². The quantitative estimate of drug-likeness (QED) is 0.780. The molecule has 1 aromatic rings. The molecule has 1 unspecified atom stereocenters. The summed E-state index contributed by atoms with van der Waals surface area (Å²) in [6.45, 7) is 4.09. The van der Waals surface area contributed by atoms with E-state index >= 15 is 0 Å². The fourth-order valence-electron chi connectivity index (χ4n) is 1.49. The number of nitriles is 1. The molecule has 18 heavy (non-hydrogen) atoms. The van der Waals surface area contributed by atoms with Gasteiger partial charge in [-0.3, -0.25) is 5.32 Å². The van der Waals surface area contributed by atoms with E-state index in [9.17, 15) is 0 Å². The van der Waals surface area contributed by atoms with Crippen LogP contribution >= 0.6 is 23.2 Å². The van der Waals surface area contributed by atoms with Gasteiger partial charge in [-0.15, -0.1) is 0 Å². The van der Waals surface area contributed by atoms with Crippen molar-refractivity contribution in [2.75, 3.05) is 19.8 Å². The molecule has 5 heteroatoms. The summed E-state index contributed by atoms with van der Waals surface area (Å²) >= 11 is 11.8. The molecule has 1 rings (SSSR count). The Bertz CT molecular complexity index is 418. The molecule has 0 saturated carbocycles. The second kappa shape index (κ2) is 8.34. The maximum Gasteiger partial charge on any atom is 0.121 e. The van der Waals surface area contributed by atoms with Gasteiger partial charge in [-0.25, -0.2) is 0 Å². The highest BCUT2D eigenvalue weighted by atomic mass is 35.5. The Morgan fingerprint density at radius 2 is 2.17 bits per heavy atom. The fourth-order valence-corrected chi connectivity index (χ4v) is 1.80. The van der Waals surface area contributed by atoms with Gasteiger partial charge in [-0.1, -0.05) is 29.3 Å². The number of nitrogens with one attached hydrogen (secondary N) is 1. The lowest BCUT2D eigenvalue weighted by molar-refractivity contribution is 0.144. The van der Waals surface area contributed by atoms with Crippen molar-refractivity contribution in [1.82, 2.24) is 5.32 Å². The maximum atomic E-state index is 9.12. The van der Waals surface area contributed by atoms with Crippen LogP contribution in [0.25, 0.3) is 0 Å². The number of rotatable bonds is 7. The summed E-state index contributed by atoms with van der Waals surface area (Å²) in [6, 6.07) is 7.05. The summed E-state index contributed by atoms with van der Waals surface area (Å²) < 4.78 is 5.23. The van der Waals surface area contributed by atoms with Crippen LogP contribution in [0.15, 0.2) is 18.2 Å². The zero-order valence-corrected chi connectivity index (χ0v) is 11.8. The Labute approximate surface area is 118 Å². The van der Waals surface area contributed by atoms with Crippen molar-refractivity contribution in [3.05, 3.63) is 33.8 Å². The van der Waals surface area contributed by atoms with Gasteiger partial charge < -0.3 is 4.74 Å². The number of hydrogen-bond acceptors (Lipinski definition) is 3. The molecule has 0 heterocycles. The molecule has 1 N–H and O–H groups in total. The molecule has 98 valence electrons. The van der Waals surface area contributed by atoms with Crippen molar-refractivity contribution in [3.8, 4) is 6.07 Å². The minimum atomic E-state index is -0.374. The normalized spacial score (nSPS) is 12.1. The summed E-state index contributed by atoms with van der Waals surface area (Å²) in [6.07, 6.45) is 0.868. The standard InChI is InChI=1S/C13H16Cl2N2O/c1-2-18-7-3-6-17-13(9-16)10-4-5-11(14)12(15)8-10/h4-5,8,13,17H,2-3,6-7H2,1H3. The summed E-state index contributed by atoms with van der Waals surface area (Å²) in [7, 11) is 0. The number of benzene rings is 1. The van der Waals surface area contributed by atoms with Crippen molar-refractivity contribution in [1.29, 1.82) is 5.26 Å². The molecule has 1 aromatic carbocycles. The second-order valence-corrected chi connectivity index (χ2v) is 4.55. The van der Waals surface area contributed by atoms with Crippen LogP contribution < -0.4 is 5.32 Å². The second-order valence-electron chi connectivity index (χ2n) is 3.74. The lowest BCUT2D eigenvalue weighted by Gasteiger charge is -2.12. The fraction of sp³-hybridized carbons (Fsp3) is 0.462. The van der Waals surface area contributed by atoms with Gasteiger partial charge in [-0.2, -0.15) is 5.26 Å². The molecule has 0 aliphatic carbocycles. The lowest BCUT2D eigenvalue weighted by atomic mass is 10.1. The molecular formula is C13H16Cl2N2O. The van der Waals surface area contributed by atoms with Crippen LogP contribution in [0.5, 0.6) is 0 Å². The third-order valence-corrected chi connectivity index (χ3v) is 3.16. The number of halogens is 2. The van der Waals surface area contributed by atoms with Gasteiger partial charge in [0.15, 0.2) is 0 Å². The average Bonchev–Trinajstić information content (AvgIpc) is 2.37. The number of nitrogens with zero attached hydrogens (tertiary/aromatic N) is 1. The first kappa shape index (κ1) is 15.3. The predicted octanol–water partition coefficient (Wildman–Crippen LogP) is 3.57. The Morgan fingerprint density at radius 3 is 2.78 bits per heavy atom. The maximum absolute atomic E-state index is 9.12. The van der Waals surface area contributed by atoms with E-state index in [1.54, 1.807) is 18.2 Å². The van der Waals surface area contributed by atoms with Gasteiger partial charge in [0.1, 0.15) is 6.04 Å². The van der Waals surface area contributed by atoms with Crippen LogP contribution in [0.3, 0.4) is 0 Å². The Kier molecular flexibility index (Phi) is 7.07.